The number of halogens is 2. The quantitative estimate of drug-likeness (QED) is 0.574. The summed E-state index contributed by atoms with van der Waals surface area (Å²) in [6.45, 7) is 3.43. The van der Waals surface area contributed by atoms with Gasteiger partial charge in [0.2, 0.25) is 0 Å². The number of nitrogens with one attached hydrogen (secondary N) is 1. The molecule has 3 aromatic rings. The lowest BCUT2D eigenvalue weighted by molar-refractivity contribution is 0.0951. The zero-order valence-corrected chi connectivity index (χ0v) is 17.1. The molecular weight excluding hydrogens is 430 g/mol. The molecule has 3 rings (SSSR count). The van der Waals surface area contributed by atoms with Gasteiger partial charge in [-0.15, -0.1) is 0 Å². The molecular formula is C20H19BrClN3O2. The summed E-state index contributed by atoms with van der Waals surface area (Å²) in [7, 11) is 0. The van der Waals surface area contributed by atoms with E-state index in [2.05, 4.69) is 26.3 Å². The second-order valence-electron chi connectivity index (χ2n) is 6.08. The van der Waals surface area contributed by atoms with Gasteiger partial charge in [0.15, 0.2) is 0 Å². The minimum atomic E-state index is -0.120. The van der Waals surface area contributed by atoms with Crippen molar-refractivity contribution in [2.75, 3.05) is 6.54 Å². The molecule has 1 amide bonds. The van der Waals surface area contributed by atoms with Crippen LogP contribution in [-0.4, -0.2) is 22.2 Å². The number of amides is 1. The fourth-order valence-corrected chi connectivity index (χ4v) is 3.14. The molecule has 5 nitrogen and oxygen atoms in total. The van der Waals surface area contributed by atoms with Gasteiger partial charge in [-0.2, -0.15) is 5.10 Å². The Balaban J connectivity index is 1.55. The predicted octanol–water partition coefficient (Wildman–Crippen LogP) is 4.62. The minimum absolute atomic E-state index is 0.120. The van der Waals surface area contributed by atoms with Crippen LogP contribution in [0, 0.1) is 6.92 Å². The molecule has 1 N–H and O–H groups in total. The summed E-state index contributed by atoms with van der Waals surface area (Å²) in [6, 6.07) is 12.9. The molecule has 0 aliphatic rings. The zero-order valence-electron chi connectivity index (χ0n) is 14.8. The summed E-state index contributed by atoms with van der Waals surface area (Å²) in [6.07, 6.45) is 3.58. The van der Waals surface area contributed by atoms with Crippen LogP contribution in [0.5, 0.6) is 5.75 Å². The van der Waals surface area contributed by atoms with E-state index in [4.69, 9.17) is 16.3 Å². The Kier molecular flexibility index (Phi) is 6.53. The Morgan fingerprint density at radius 3 is 2.89 bits per heavy atom. The standard InChI is InChI=1S/C20H19BrClN3O2/c1-14-9-18(22)5-6-19(14)27-13-15-3-2-4-16(10-15)20(26)23-7-8-25-12-17(21)11-24-25/h2-6,9-12H,7-8,13H2,1H3,(H,23,26). The molecule has 0 atom stereocenters. The van der Waals surface area contributed by atoms with Crippen LogP contribution in [0.4, 0.5) is 0 Å². The monoisotopic (exact) mass is 447 g/mol. The van der Waals surface area contributed by atoms with E-state index in [-0.39, 0.29) is 5.91 Å². The second kappa shape index (κ2) is 9.06. The summed E-state index contributed by atoms with van der Waals surface area (Å²) < 4.78 is 8.53. The van der Waals surface area contributed by atoms with Crippen LogP contribution in [-0.2, 0) is 13.2 Å². The van der Waals surface area contributed by atoms with Crippen molar-refractivity contribution in [3.05, 3.63) is 81.0 Å². The summed E-state index contributed by atoms with van der Waals surface area (Å²) in [5, 5.41) is 7.74. The Morgan fingerprint density at radius 1 is 1.30 bits per heavy atom. The normalized spacial score (nSPS) is 10.6. The Bertz CT molecular complexity index is 942. The molecule has 0 fully saturated rings. The van der Waals surface area contributed by atoms with E-state index in [1.54, 1.807) is 23.0 Å². The lowest BCUT2D eigenvalue weighted by atomic mass is 10.1. The van der Waals surface area contributed by atoms with Crippen molar-refractivity contribution >= 4 is 33.4 Å². The second-order valence-corrected chi connectivity index (χ2v) is 7.43. The van der Waals surface area contributed by atoms with Gasteiger partial charge in [-0.1, -0.05) is 23.7 Å². The summed E-state index contributed by atoms with van der Waals surface area (Å²) in [5.74, 6) is 0.658. The number of aromatic nitrogens is 2. The molecule has 0 unspecified atom stereocenters. The van der Waals surface area contributed by atoms with Crippen LogP contribution in [0.2, 0.25) is 5.02 Å². The molecule has 1 aromatic heterocycles. The summed E-state index contributed by atoms with van der Waals surface area (Å²) in [4.78, 5) is 12.4. The summed E-state index contributed by atoms with van der Waals surface area (Å²) >= 11 is 9.31. The molecule has 0 bridgehead atoms. The first-order chi connectivity index (χ1) is 13.0. The number of hydrogen-bond acceptors (Lipinski definition) is 3. The third kappa shape index (κ3) is 5.58. The van der Waals surface area contributed by atoms with Crippen molar-refractivity contribution in [2.45, 2.75) is 20.1 Å². The maximum atomic E-state index is 12.4. The molecule has 0 spiro atoms. The molecule has 0 aliphatic carbocycles. The average Bonchev–Trinajstić information content (AvgIpc) is 3.06. The van der Waals surface area contributed by atoms with Gasteiger partial charge in [-0.3, -0.25) is 9.48 Å². The van der Waals surface area contributed by atoms with Gasteiger partial charge in [0.25, 0.3) is 5.91 Å². The Morgan fingerprint density at radius 2 is 2.15 bits per heavy atom. The van der Waals surface area contributed by atoms with Crippen LogP contribution >= 0.6 is 27.5 Å². The van der Waals surface area contributed by atoms with Crippen molar-refractivity contribution in [3.63, 3.8) is 0 Å². The van der Waals surface area contributed by atoms with Crippen molar-refractivity contribution in [2.24, 2.45) is 0 Å². The molecule has 27 heavy (non-hydrogen) atoms. The number of carbonyl (C=O) groups is 1. The number of hydrogen-bond donors (Lipinski definition) is 1. The van der Waals surface area contributed by atoms with Crippen molar-refractivity contribution in [1.82, 2.24) is 15.1 Å². The largest absolute Gasteiger partial charge is 0.489 e. The highest BCUT2D eigenvalue weighted by Gasteiger charge is 2.07. The highest BCUT2D eigenvalue weighted by atomic mass is 79.9. The minimum Gasteiger partial charge on any atom is -0.489 e. The molecule has 1 heterocycles. The molecule has 2 aromatic carbocycles. The molecule has 0 saturated heterocycles. The van der Waals surface area contributed by atoms with E-state index in [0.717, 1.165) is 21.3 Å². The van der Waals surface area contributed by atoms with Gasteiger partial charge in [0, 0.05) is 23.3 Å². The SMILES string of the molecule is Cc1cc(Cl)ccc1OCc1cccc(C(=O)NCCn2cc(Br)cn2)c1. The number of ether oxygens (including phenoxy) is 1. The Hall–Kier alpha value is -2.31. The highest BCUT2D eigenvalue weighted by molar-refractivity contribution is 9.10. The number of rotatable bonds is 7. The van der Waals surface area contributed by atoms with Gasteiger partial charge < -0.3 is 10.1 Å². The van der Waals surface area contributed by atoms with E-state index < -0.39 is 0 Å². The van der Waals surface area contributed by atoms with Crippen molar-refractivity contribution in [1.29, 1.82) is 0 Å². The number of benzene rings is 2. The van der Waals surface area contributed by atoms with E-state index in [1.165, 1.54) is 0 Å². The molecule has 0 saturated carbocycles. The molecule has 140 valence electrons. The first-order valence-corrected chi connectivity index (χ1v) is 9.62. The van der Waals surface area contributed by atoms with Crippen molar-refractivity contribution < 1.29 is 9.53 Å². The van der Waals surface area contributed by atoms with Crippen LogP contribution in [0.25, 0.3) is 0 Å². The van der Waals surface area contributed by atoms with E-state index in [0.29, 0.717) is 30.3 Å². The third-order valence-corrected chi connectivity index (χ3v) is 4.59. The highest BCUT2D eigenvalue weighted by Crippen LogP contribution is 2.22. The van der Waals surface area contributed by atoms with E-state index >= 15 is 0 Å². The fourth-order valence-electron chi connectivity index (χ4n) is 2.58. The number of carbonyl (C=O) groups excluding carboxylic acids is 1. The average molecular weight is 449 g/mol. The van der Waals surface area contributed by atoms with Gasteiger partial charge >= 0.3 is 0 Å². The zero-order chi connectivity index (χ0) is 19.2. The van der Waals surface area contributed by atoms with Crippen LogP contribution in [0.3, 0.4) is 0 Å². The first kappa shape index (κ1) is 19.5. The number of aryl methyl sites for hydroxylation is 1. The molecule has 0 aliphatic heterocycles. The summed E-state index contributed by atoms with van der Waals surface area (Å²) in [5.41, 5.74) is 2.50. The lowest BCUT2D eigenvalue weighted by Gasteiger charge is -2.11. The smallest absolute Gasteiger partial charge is 0.251 e. The first-order valence-electron chi connectivity index (χ1n) is 8.45. The number of nitrogens with zero attached hydrogens (tertiary/aromatic N) is 2. The van der Waals surface area contributed by atoms with E-state index in [9.17, 15) is 4.79 Å². The van der Waals surface area contributed by atoms with Crippen molar-refractivity contribution in [3.8, 4) is 5.75 Å². The van der Waals surface area contributed by atoms with Gasteiger partial charge in [0.1, 0.15) is 12.4 Å². The Labute approximate surface area is 171 Å². The molecule has 0 radical (unpaired) electrons. The topological polar surface area (TPSA) is 56.1 Å². The van der Waals surface area contributed by atoms with Gasteiger partial charge in [0.05, 0.1) is 17.2 Å². The van der Waals surface area contributed by atoms with Crippen LogP contribution in [0.15, 0.2) is 59.3 Å². The van der Waals surface area contributed by atoms with Gasteiger partial charge in [-0.05, 0) is 64.3 Å². The molecule has 7 heteroatoms. The predicted molar refractivity (Wildman–Crippen MR) is 109 cm³/mol. The van der Waals surface area contributed by atoms with E-state index in [1.807, 2.05) is 43.5 Å². The third-order valence-electron chi connectivity index (χ3n) is 3.95. The fraction of sp³-hybridized carbons (Fsp3) is 0.200. The maximum Gasteiger partial charge on any atom is 0.251 e. The van der Waals surface area contributed by atoms with Crippen LogP contribution < -0.4 is 10.1 Å². The lowest BCUT2D eigenvalue weighted by Crippen LogP contribution is -2.27. The van der Waals surface area contributed by atoms with Crippen LogP contribution in [0.1, 0.15) is 21.5 Å². The van der Waals surface area contributed by atoms with Gasteiger partial charge in [-0.25, -0.2) is 0 Å². The maximum absolute atomic E-state index is 12.4.